The van der Waals surface area contributed by atoms with Gasteiger partial charge in [-0.3, -0.25) is 0 Å². The summed E-state index contributed by atoms with van der Waals surface area (Å²) < 4.78 is 4.75. The van der Waals surface area contributed by atoms with Crippen LogP contribution >= 0.6 is 27.3 Å². The Balaban J connectivity index is 2.95. The second-order valence-electron chi connectivity index (χ2n) is 3.79. The molecule has 1 aromatic heterocycles. The van der Waals surface area contributed by atoms with Crippen LogP contribution in [-0.2, 0) is 16.5 Å². The third-order valence-corrected chi connectivity index (χ3v) is 3.77. The van der Waals surface area contributed by atoms with E-state index in [1.54, 1.807) is 11.3 Å². The van der Waals surface area contributed by atoms with Crippen molar-refractivity contribution in [3.05, 3.63) is 21.4 Å². The van der Waals surface area contributed by atoms with Gasteiger partial charge in [0.2, 0.25) is 0 Å². The van der Waals surface area contributed by atoms with Crippen LogP contribution in [0.25, 0.3) is 0 Å². The lowest BCUT2D eigenvalue weighted by atomic mass is 10.1. The van der Waals surface area contributed by atoms with Gasteiger partial charge < -0.3 is 4.74 Å². The summed E-state index contributed by atoms with van der Waals surface area (Å²) in [6, 6.07) is 2.09. The van der Waals surface area contributed by atoms with E-state index in [1.165, 1.54) is 12.0 Å². The minimum absolute atomic E-state index is 0.232. The lowest BCUT2D eigenvalue weighted by Gasteiger charge is -1.99. The summed E-state index contributed by atoms with van der Waals surface area (Å²) in [6.07, 6.45) is 1.02. The fourth-order valence-corrected chi connectivity index (χ4v) is 3.29. The highest BCUT2D eigenvalue weighted by Gasteiger charge is 2.16. The molecule has 4 heteroatoms. The smallest absolute Gasteiger partial charge is 0.348 e. The standard InChI is InChI=1S/C11H15BrO2S/c1-7(2)4-9-5-8(6-12)10(15-9)11(13)14-3/h5,7H,4,6H2,1-3H3. The van der Waals surface area contributed by atoms with Crippen LogP contribution in [0.5, 0.6) is 0 Å². The summed E-state index contributed by atoms with van der Waals surface area (Å²) >= 11 is 4.92. The number of methoxy groups -OCH3 is 1. The minimum Gasteiger partial charge on any atom is -0.465 e. The quantitative estimate of drug-likeness (QED) is 0.625. The van der Waals surface area contributed by atoms with Crippen LogP contribution in [0.3, 0.4) is 0 Å². The van der Waals surface area contributed by atoms with Gasteiger partial charge in [0.05, 0.1) is 7.11 Å². The number of alkyl halides is 1. The molecule has 0 aliphatic carbocycles. The van der Waals surface area contributed by atoms with Crippen molar-refractivity contribution in [1.29, 1.82) is 0 Å². The lowest BCUT2D eigenvalue weighted by molar-refractivity contribution is 0.0605. The Kier molecular flexibility index (Phi) is 4.80. The summed E-state index contributed by atoms with van der Waals surface area (Å²) in [5, 5.41) is 0.700. The number of thiophene rings is 1. The molecule has 15 heavy (non-hydrogen) atoms. The van der Waals surface area contributed by atoms with Crippen molar-refractivity contribution in [2.24, 2.45) is 5.92 Å². The van der Waals surface area contributed by atoms with Crippen LogP contribution < -0.4 is 0 Å². The highest BCUT2D eigenvalue weighted by atomic mass is 79.9. The Morgan fingerprint density at radius 1 is 1.60 bits per heavy atom. The topological polar surface area (TPSA) is 26.3 Å². The van der Waals surface area contributed by atoms with Gasteiger partial charge in [-0.25, -0.2) is 4.79 Å². The number of carbonyl (C=O) groups excluding carboxylic acids is 1. The van der Waals surface area contributed by atoms with E-state index in [0.29, 0.717) is 11.2 Å². The van der Waals surface area contributed by atoms with E-state index in [-0.39, 0.29) is 5.97 Å². The first-order chi connectivity index (χ1) is 7.08. The zero-order valence-corrected chi connectivity index (χ0v) is 11.6. The number of rotatable bonds is 4. The molecule has 1 heterocycles. The molecule has 1 rings (SSSR count). The minimum atomic E-state index is -0.232. The highest BCUT2D eigenvalue weighted by Crippen LogP contribution is 2.27. The molecule has 2 nitrogen and oxygen atoms in total. The van der Waals surface area contributed by atoms with Crippen molar-refractivity contribution in [2.75, 3.05) is 7.11 Å². The largest absolute Gasteiger partial charge is 0.465 e. The van der Waals surface area contributed by atoms with Crippen molar-refractivity contribution in [3.8, 4) is 0 Å². The molecule has 0 aliphatic heterocycles. The zero-order chi connectivity index (χ0) is 11.4. The average Bonchev–Trinajstić information content (AvgIpc) is 2.58. The summed E-state index contributed by atoms with van der Waals surface area (Å²) in [5.41, 5.74) is 1.03. The van der Waals surface area contributed by atoms with Crippen LogP contribution in [0.15, 0.2) is 6.07 Å². The molecule has 0 saturated heterocycles. The predicted molar refractivity (Wildman–Crippen MR) is 66.8 cm³/mol. The van der Waals surface area contributed by atoms with Gasteiger partial charge in [-0.1, -0.05) is 29.8 Å². The fraction of sp³-hybridized carbons (Fsp3) is 0.545. The molecular formula is C11H15BrO2S. The van der Waals surface area contributed by atoms with E-state index < -0.39 is 0 Å². The summed E-state index contributed by atoms with van der Waals surface area (Å²) in [6.45, 7) is 4.34. The normalized spacial score (nSPS) is 10.7. The van der Waals surface area contributed by atoms with Gasteiger partial charge in [0.1, 0.15) is 4.88 Å². The third-order valence-electron chi connectivity index (χ3n) is 1.98. The van der Waals surface area contributed by atoms with E-state index in [9.17, 15) is 4.79 Å². The molecule has 0 fully saturated rings. The van der Waals surface area contributed by atoms with Crippen LogP contribution in [-0.4, -0.2) is 13.1 Å². The molecule has 0 aliphatic rings. The van der Waals surface area contributed by atoms with E-state index in [1.807, 2.05) is 0 Å². The Hall–Kier alpha value is -0.350. The average molecular weight is 291 g/mol. The van der Waals surface area contributed by atoms with Crippen molar-refractivity contribution in [1.82, 2.24) is 0 Å². The SMILES string of the molecule is COC(=O)c1sc(CC(C)C)cc1CBr. The van der Waals surface area contributed by atoms with Crippen molar-refractivity contribution in [3.63, 3.8) is 0 Å². The van der Waals surface area contributed by atoms with Gasteiger partial charge in [0.15, 0.2) is 0 Å². The van der Waals surface area contributed by atoms with Crippen LogP contribution in [0.1, 0.15) is 34.0 Å². The molecule has 0 N–H and O–H groups in total. The molecule has 0 amide bonds. The highest BCUT2D eigenvalue weighted by molar-refractivity contribution is 9.08. The van der Waals surface area contributed by atoms with Crippen molar-refractivity contribution in [2.45, 2.75) is 25.6 Å². The number of esters is 1. The van der Waals surface area contributed by atoms with E-state index in [0.717, 1.165) is 16.9 Å². The van der Waals surface area contributed by atoms with Gasteiger partial charge in [-0.2, -0.15) is 0 Å². The number of carbonyl (C=O) groups is 1. The lowest BCUT2D eigenvalue weighted by Crippen LogP contribution is -2.00. The van der Waals surface area contributed by atoms with Gasteiger partial charge in [0, 0.05) is 10.2 Å². The molecule has 84 valence electrons. The molecule has 0 spiro atoms. The molecule has 0 unspecified atom stereocenters. The monoisotopic (exact) mass is 290 g/mol. The van der Waals surface area contributed by atoms with Crippen LogP contribution in [0.4, 0.5) is 0 Å². The molecule has 0 bridgehead atoms. The first-order valence-corrected chi connectivity index (χ1v) is 6.78. The number of hydrogen-bond acceptors (Lipinski definition) is 3. The Morgan fingerprint density at radius 2 is 2.27 bits per heavy atom. The second kappa shape index (κ2) is 5.66. The van der Waals surface area contributed by atoms with E-state index in [2.05, 4.69) is 35.8 Å². The molecule has 0 radical (unpaired) electrons. The summed E-state index contributed by atoms with van der Waals surface area (Å²) in [7, 11) is 1.42. The first-order valence-electron chi connectivity index (χ1n) is 4.84. The molecule has 0 atom stereocenters. The van der Waals surface area contributed by atoms with Gasteiger partial charge in [-0.05, 0) is 24.0 Å². The van der Waals surface area contributed by atoms with Gasteiger partial charge in [0.25, 0.3) is 0 Å². The van der Waals surface area contributed by atoms with Gasteiger partial charge >= 0.3 is 5.97 Å². The molecule has 1 aromatic rings. The molecule has 0 saturated carbocycles. The summed E-state index contributed by atoms with van der Waals surface area (Å²) in [5.74, 6) is 0.377. The van der Waals surface area contributed by atoms with Gasteiger partial charge in [-0.15, -0.1) is 11.3 Å². The number of halogens is 1. The molecule has 0 aromatic carbocycles. The molecular weight excluding hydrogens is 276 g/mol. The Labute approximate surface area is 103 Å². The summed E-state index contributed by atoms with van der Waals surface area (Å²) in [4.78, 5) is 13.4. The Bertz CT molecular complexity index is 344. The van der Waals surface area contributed by atoms with E-state index >= 15 is 0 Å². The van der Waals surface area contributed by atoms with Crippen molar-refractivity contribution < 1.29 is 9.53 Å². The van der Waals surface area contributed by atoms with E-state index in [4.69, 9.17) is 4.74 Å². The third kappa shape index (κ3) is 3.31. The zero-order valence-electron chi connectivity index (χ0n) is 9.17. The Morgan fingerprint density at radius 3 is 2.73 bits per heavy atom. The predicted octanol–water partition coefficient (Wildman–Crippen LogP) is 3.63. The number of ether oxygens (including phenoxy) is 1. The van der Waals surface area contributed by atoms with Crippen LogP contribution in [0, 0.1) is 5.92 Å². The maximum atomic E-state index is 11.5. The first kappa shape index (κ1) is 12.7. The fourth-order valence-electron chi connectivity index (χ4n) is 1.35. The van der Waals surface area contributed by atoms with Crippen LogP contribution in [0.2, 0.25) is 0 Å². The van der Waals surface area contributed by atoms with Crippen molar-refractivity contribution >= 4 is 33.2 Å². The maximum Gasteiger partial charge on any atom is 0.348 e. The second-order valence-corrected chi connectivity index (χ2v) is 5.49. The number of hydrogen-bond donors (Lipinski definition) is 0. The maximum absolute atomic E-state index is 11.5.